The average Bonchev–Trinajstić information content (AvgIpc) is 3.42. The molecule has 5 rings (SSSR count). The van der Waals surface area contributed by atoms with Crippen LogP contribution in [0.1, 0.15) is 37.6 Å². The summed E-state index contributed by atoms with van der Waals surface area (Å²) in [5.74, 6) is 1.49. The van der Waals surface area contributed by atoms with Gasteiger partial charge in [-0.1, -0.05) is 97.2 Å². The average molecular weight is 614 g/mol. The summed E-state index contributed by atoms with van der Waals surface area (Å²) >= 11 is 12.7. The summed E-state index contributed by atoms with van der Waals surface area (Å²) in [6, 6.07) is 22.1. The Kier molecular flexibility index (Phi) is 10.2. The van der Waals surface area contributed by atoms with Crippen LogP contribution in [-0.2, 0) is 16.1 Å². The lowest BCUT2D eigenvalue weighted by Gasteiger charge is -2.18. The van der Waals surface area contributed by atoms with Crippen LogP contribution < -0.4 is 4.74 Å². The first-order valence-electron chi connectivity index (χ1n) is 14.4. The van der Waals surface area contributed by atoms with Gasteiger partial charge in [0.25, 0.3) is 0 Å². The van der Waals surface area contributed by atoms with Crippen LogP contribution >= 0.6 is 23.2 Å². The van der Waals surface area contributed by atoms with Gasteiger partial charge in [0, 0.05) is 28.9 Å². The fraction of sp³-hybridized carbons (Fsp3) is 0.222. The molecule has 1 aromatic heterocycles. The van der Waals surface area contributed by atoms with Crippen LogP contribution in [0.4, 0.5) is 0 Å². The van der Waals surface area contributed by atoms with Gasteiger partial charge in [-0.05, 0) is 71.9 Å². The Hall–Kier alpha value is -4.06. The molecule has 1 aliphatic carbocycles. The zero-order chi connectivity index (χ0) is 30.2. The molecule has 3 aromatic carbocycles. The van der Waals surface area contributed by atoms with Crippen molar-refractivity contribution in [1.29, 1.82) is 0 Å². The van der Waals surface area contributed by atoms with Crippen LogP contribution in [0.5, 0.6) is 5.75 Å². The van der Waals surface area contributed by atoms with Crippen molar-refractivity contribution in [2.45, 2.75) is 32.7 Å². The fourth-order valence-electron chi connectivity index (χ4n) is 4.98. The van der Waals surface area contributed by atoms with E-state index in [1.165, 1.54) is 7.11 Å². The molecule has 0 N–H and O–H groups in total. The molecule has 1 unspecified atom stereocenters. The predicted octanol–water partition coefficient (Wildman–Crippen LogP) is 9.55. The van der Waals surface area contributed by atoms with Crippen molar-refractivity contribution in [1.82, 2.24) is 9.55 Å². The van der Waals surface area contributed by atoms with Crippen LogP contribution in [0.3, 0.4) is 0 Å². The molecule has 5 nitrogen and oxygen atoms in total. The van der Waals surface area contributed by atoms with Crippen molar-refractivity contribution < 1.29 is 14.3 Å². The van der Waals surface area contributed by atoms with Crippen molar-refractivity contribution in [2.75, 3.05) is 13.7 Å². The zero-order valence-corrected chi connectivity index (χ0v) is 25.8. The normalized spacial score (nSPS) is 14.6. The van der Waals surface area contributed by atoms with Crippen molar-refractivity contribution in [3.63, 3.8) is 0 Å². The number of nitrogens with zero attached hydrogens (tertiary/aromatic N) is 2. The van der Waals surface area contributed by atoms with E-state index in [1.54, 1.807) is 6.07 Å². The molecule has 1 heterocycles. The maximum Gasteiger partial charge on any atom is 0.333 e. The van der Waals surface area contributed by atoms with Gasteiger partial charge in [0.2, 0.25) is 0 Å². The third kappa shape index (κ3) is 7.86. The molecule has 0 amide bonds. The van der Waals surface area contributed by atoms with Crippen LogP contribution in [0, 0.1) is 5.92 Å². The first-order valence-corrected chi connectivity index (χ1v) is 15.2. The fourth-order valence-corrected chi connectivity index (χ4v) is 5.49. The second-order valence-electron chi connectivity index (χ2n) is 10.5. The van der Waals surface area contributed by atoms with E-state index < -0.39 is 0 Å². The lowest BCUT2D eigenvalue weighted by atomic mass is 9.94. The zero-order valence-electron chi connectivity index (χ0n) is 24.3. The summed E-state index contributed by atoms with van der Waals surface area (Å²) in [5, 5.41) is 1.11. The summed E-state index contributed by atoms with van der Waals surface area (Å²) in [4.78, 5) is 17.1. The van der Waals surface area contributed by atoms with Crippen LogP contribution in [0.25, 0.3) is 34.5 Å². The van der Waals surface area contributed by atoms with Gasteiger partial charge in [0.15, 0.2) is 0 Å². The molecular formula is C36H34Cl2N2O3. The van der Waals surface area contributed by atoms with E-state index in [0.717, 1.165) is 59.0 Å². The number of imidazole rings is 1. The van der Waals surface area contributed by atoms with E-state index in [-0.39, 0.29) is 11.9 Å². The number of rotatable bonds is 11. The molecule has 7 heteroatoms. The highest BCUT2D eigenvalue weighted by molar-refractivity contribution is 6.36. The van der Waals surface area contributed by atoms with Gasteiger partial charge in [-0.2, -0.15) is 0 Å². The van der Waals surface area contributed by atoms with Gasteiger partial charge < -0.3 is 14.0 Å². The Balaban J connectivity index is 1.36. The van der Waals surface area contributed by atoms with E-state index in [4.69, 9.17) is 37.7 Å². The van der Waals surface area contributed by atoms with Gasteiger partial charge in [-0.3, -0.25) is 0 Å². The lowest BCUT2D eigenvalue weighted by Crippen LogP contribution is -2.16. The number of methoxy groups -OCH3 is 1. The van der Waals surface area contributed by atoms with Gasteiger partial charge in [0.05, 0.1) is 24.4 Å². The highest BCUT2D eigenvalue weighted by Gasteiger charge is 2.20. The second-order valence-corrected chi connectivity index (χ2v) is 11.3. The van der Waals surface area contributed by atoms with Gasteiger partial charge in [0.1, 0.15) is 11.6 Å². The topological polar surface area (TPSA) is 53.4 Å². The Labute approximate surface area is 263 Å². The number of ether oxygens (including phenoxy) is 2. The number of aromatic nitrogens is 2. The van der Waals surface area contributed by atoms with Crippen LogP contribution in [0.15, 0.2) is 96.7 Å². The number of hydrogen-bond donors (Lipinski definition) is 0. The monoisotopic (exact) mass is 612 g/mol. The molecule has 1 aliphatic rings. The lowest BCUT2D eigenvalue weighted by molar-refractivity contribution is -0.136. The van der Waals surface area contributed by atoms with Crippen molar-refractivity contribution in [3.05, 3.63) is 118 Å². The summed E-state index contributed by atoms with van der Waals surface area (Å²) in [7, 11) is 1.41. The van der Waals surface area contributed by atoms with Crippen molar-refractivity contribution in [3.8, 4) is 28.1 Å². The van der Waals surface area contributed by atoms with E-state index >= 15 is 0 Å². The smallest absolute Gasteiger partial charge is 0.333 e. The highest BCUT2D eigenvalue weighted by atomic mass is 35.5. The summed E-state index contributed by atoms with van der Waals surface area (Å²) < 4.78 is 12.8. The Bertz CT molecular complexity index is 1650. The number of carbonyl (C=O) groups excluding carboxylic acids is 1. The number of carbonyl (C=O) groups is 1. The minimum atomic E-state index is -0.298. The van der Waals surface area contributed by atoms with Gasteiger partial charge in [-0.15, -0.1) is 0 Å². The quantitative estimate of drug-likeness (QED) is 0.125. The minimum Gasteiger partial charge on any atom is -0.494 e. The third-order valence-electron chi connectivity index (χ3n) is 7.35. The number of benzene rings is 3. The molecule has 0 saturated heterocycles. The molecule has 4 aromatic rings. The molecule has 0 bridgehead atoms. The third-order valence-corrected chi connectivity index (χ3v) is 7.89. The molecule has 1 atom stereocenters. The maximum absolute atomic E-state index is 12.1. The Morgan fingerprint density at radius 2 is 1.77 bits per heavy atom. The molecule has 220 valence electrons. The summed E-state index contributed by atoms with van der Waals surface area (Å²) in [6.45, 7) is 3.54. The molecule has 0 spiro atoms. The van der Waals surface area contributed by atoms with E-state index in [9.17, 15) is 4.79 Å². The SMILES string of the molecule is CCCCOc1ccc(-c2ccc(/C=C/c3nc(-c4ccc(Cl)cc4Cl)cn3CC3C=CC=C(C(=O)OC)C3)cc2)cc1. The number of allylic oxidation sites excluding steroid dienone is 3. The first kappa shape index (κ1) is 30.4. The first-order chi connectivity index (χ1) is 20.9. The molecular weight excluding hydrogens is 579 g/mol. The molecule has 0 radical (unpaired) electrons. The summed E-state index contributed by atoms with van der Waals surface area (Å²) in [5.41, 5.74) is 5.54. The minimum absolute atomic E-state index is 0.108. The number of hydrogen-bond acceptors (Lipinski definition) is 4. The van der Waals surface area contributed by atoms with Crippen molar-refractivity contribution >= 4 is 41.3 Å². The largest absolute Gasteiger partial charge is 0.494 e. The standard InChI is InChI=1S/C36H34Cl2N2O3/c1-3-4-20-43-31-16-13-28(14-17-31)27-11-8-25(9-12-27)10-19-35-39-34(32-18-15-30(37)22-33(32)38)24-40(35)23-26-6-5-7-29(21-26)36(41)42-2/h5-19,22,24,26H,3-4,20-21,23H2,1-2H3/b19-10+. The number of esters is 1. The second kappa shape index (κ2) is 14.4. The van der Waals surface area contributed by atoms with E-state index in [1.807, 2.05) is 48.7 Å². The molecule has 43 heavy (non-hydrogen) atoms. The molecule has 0 saturated carbocycles. The molecule has 0 fully saturated rings. The van der Waals surface area contributed by atoms with E-state index in [2.05, 4.69) is 60.0 Å². The van der Waals surface area contributed by atoms with Crippen LogP contribution in [0.2, 0.25) is 10.0 Å². The highest BCUT2D eigenvalue weighted by Crippen LogP contribution is 2.31. The van der Waals surface area contributed by atoms with Crippen molar-refractivity contribution in [2.24, 2.45) is 5.92 Å². The predicted molar refractivity (Wildman–Crippen MR) is 176 cm³/mol. The maximum atomic E-state index is 12.1. The van der Waals surface area contributed by atoms with Gasteiger partial charge >= 0.3 is 5.97 Å². The van der Waals surface area contributed by atoms with Crippen LogP contribution in [-0.4, -0.2) is 29.2 Å². The number of unbranched alkanes of at least 4 members (excludes halogenated alkanes) is 1. The van der Waals surface area contributed by atoms with Gasteiger partial charge in [-0.25, -0.2) is 9.78 Å². The Morgan fingerprint density at radius 1 is 1.02 bits per heavy atom. The summed E-state index contributed by atoms with van der Waals surface area (Å²) in [6.07, 6.45) is 14.7. The van der Waals surface area contributed by atoms with E-state index in [0.29, 0.717) is 28.6 Å². The molecule has 0 aliphatic heterocycles. The number of halogens is 2. The Morgan fingerprint density at radius 3 is 2.47 bits per heavy atom.